The first kappa shape index (κ1) is 26.6. The molecule has 3 nitrogen and oxygen atoms in total. The maximum atomic E-state index is 12.8. The molecule has 1 atom stereocenters. The van der Waals surface area contributed by atoms with E-state index in [0.29, 0.717) is 11.1 Å². The van der Waals surface area contributed by atoms with E-state index >= 15 is 0 Å². The smallest absolute Gasteiger partial charge is 0.251 e. The molecule has 0 aliphatic rings. The van der Waals surface area contributed by atoms with E-state index in [1.54, 1.807) is 12.1 Å². The van der Waals surface area contributed by atoms with Gasteiger partial charge in [0.1, 0.15) is 5.60 Å². The standard InChI is InChI=1S/C29H27NO2.C6H6/c1-21-13-15-23(16-14-21)22(2)30-28(31)24-17-19-27(20-18-24)29(32,25-9-5-3-6-10-25)26-11-7-4-8-12-26;1-2-4-6-5-3-1/h3-20,22,32H,1-2H3,(H,30,31);1-6H. The fourth-order valence-corrected chi connectivity index (χ4v) is 4.32. The third-order valence-electron chi connectivity index (χ3n) is 6.54. The van der Waals surface area contributed by atoms with Crippen molar-refractivity contribution in [3.05, 3.63) is 179 Å². The second-order valence-electron chi connectivity index (χ2n) is 9.28. The number of nitrogens with one attached hydrogen (secondary N) is 1. The van der Waals surface area contributed by atoms with Crippen LogP contribution in [-0.4, -0.2) is 11.0 Å². The summed E-state index contributed by atoms with van der Waals surface area (Å²) in [4.78, 5) is 12.8. The van der Waals surface area contributed by atoms with Gasteiger partial charge in [0.2, 0.25) is 0 Å². The summed E-state index contributed by atoms with van der Waals surface area (Å²) in [6.45, 7) is 4.02. The fraction of sp³-hybridized carbons (Fsp3) is 0.114. The molecule has 0 aliphatic carbocycles. The molecule has 5 aromatic rings. The lowest BCUT2D eigenvalue weighted by Gasteiger charge is -2.30. The summed E-state index contributed by atoms with van der Waals surface area (Å²) in [6, 6.07) is 46.4. The second kappa shape index (κ2) is 12.7. The maximum Gasteiger partial charge on any atom is 0.251 e. The van der Waals surface area contributed by atoms with E-state index in [1.807, 2.05) is 147 Å². The Morgan fingerprint density at radius 1 is 0.605 bits per heavy atom. The van der Waals surface area contributed by atoms with Gasteiger partial charge in [0, 0.05) is 5.56 Å². The molecule has 1 amide bonds. The number of carbonyl (C=O) groups excluding carboxylic acids is 1. The Balaban J connectivity index is 0.000000494. The van der Waals surface area contributed by atoms with Gasteiger partial charge in [-0.3, -0.25) is 4.79 Å². The van der Waals surface area contributed by atoms with Crippen molar-refractivity contribution in [3.8, 4) is 0 Å². The molecule has 1 unspecified atom stereocenters. The summed E-state index contributed by atoms with van der Waals surface area (Å²) in [5, 5.41) is 14.9. The molecule has 3 heteroatoms. The monoisotopic (exact) mass is 499 g/mol. The SMILES string of the molecule is Cc1ccc(C(C)NC(=O)c2ccc(C(O)(c3ccccc3)c3ccccc3)cc2)cc1.c1ccccc1. The number of benzene rings is 5. The molecule has 0 saturated carbocycles. The van der Waals surface area contributed by atoms with Crippen molar-refractivity contribution in [2.24, 2.45) is 0 Å². The molecule has 0 aliphatic heterocycles. The van der Waals surface area contributed by atoms with Gasteiger partial charge in [-0.15, -0.1) is 0 Å². The average molecular weight is 500 g/mol. The molecule has 0 bridgehead atoms. The molecule has 0 saturated heterocycles. The van der Waals surface area contributed by atoms with Crippen LogP contribution in [0.3, 0.4) is 0 Å². The van der Waals surface area contributed by atoms with Gasteiger partial charge >= 0.3 is 0 Å². The normalized spacial score (nSPS) is 11.6. The minimum absolute atomic E-state index is 0.103. The predicted molar refractivity (Wildman–Crippen MR) is 155 cm³/mol. The number of aliphatic hydroxyl groups is 1. The first-order valence-electron chi connectivity index (χ1n) is 12.8. The molecule has 0 heterocycles. The number of hydrogen-bond acceptors (Lipinski definition) is 2. The number of rotatable bonds is 6. The number of amides is 1. The summed E-state index contributed by atoms with van der Waals surface area (Å²) in [7, 11) is 0. The molecular weight excluding hydrogens is 466 g/mol. The highest BCUT2D eigenvalue weighted by molar-refractivity contribution is 5.94. The van der Waals surface area contributed by atoms with Crippen LogP contribution in [-0.2, 0) is 5.60 Å². The van der Waals surface area contributed by atoms with Crippen molar-refractivity contribution in [1.29, 1.82) is 0 Å². The van der Waals surface area contributed by atoms with Crippen LogP contribution in [0.25, 0.3) is 0 Å². The lowest BCUT2D eigenvalue weighted by Crippen LogP contribution is -2.29. The highest BCUT2D eigenvalue weighted by atomic mass is 16.3. The summed E-state index contributed by atoms with van der Waals surface area (Å²) >= 11 is 0. The van der Waals surface area contributed by atoms with Gasteiger partial charge in [-0.2, -0.15) is 0 Å². The first-order valence-corrected chi connectivity index (χ1v) is 12.8. The minimum atomic E-state index is -1.31. The average Bonchev–Trinajstić information content (AvgIpc) is 2.99. The summed E-state index contributed by atoms with van der Waals surface area (Å²) in [5.74, 6) is -0.146. The Bertz CT molecular complexity index is 1330. The van der Waals surface area contributed by atoms with E-state index in [2.05, 4.69) is 5.32 Å². The van der Waals surface area contributed by atoms with Crippen LogP contribution in [0.4, 0.5) is 0 Å². The maximum absolute atomic E-state index is 12.8. The summed E-state index contributed by atoms with van der Waals surface area (Å²) in [6.07, 6.45) is 0. The van der Waals surface area contributed by atoms with Crippen molar-refractivity contribution < 1.29 is 9.90 Å². The Kier molecular flexibility index (Phi) is 8.86. The molecule has 5 aromatic carbocycles. The summed E-state index contributed by atoms with van der Waals surface area (Å²) in [5.41, 5.74) is 3.74. The number of carbonyl (C=O) groups is 1. The molecule has 0 spiro atoms. The molecule has 190 valence electrons. The molecule has 0 aromatic heterocycles. The van der Waals surface area contributed by atoms with Crippen LogP contribution in [0.5, 0.6) is 0 Å². The van der Waals surface area contributed by atoms with Gasteiger partial charge in [0.05, 0.1) is 6.04 Å². The van der Waals surface area contributed by atoms with Crippen molar-refractivity contribution in [2.75, 3.05) is 0 Å². The quantitative estimate of drug-likeness (QED) is 0.238. The first-order chi connectivity index (χ1) is 18.5. The largest absolute Gasteiger partial charge is 0.376 e. The highest BCUT2D eigenvalue weighted by Crippen LogP contribution is 2.36. The second-order valence-corrected chi connectivity index (χ2v) is 9.28. The van der Waals surface area contributed by atoms with Gasteiger partial charge in [0.25, 0.3) is 5.91 Å². The molecule has 2 N–H and O–H groups in total. The van der Waals surface area contributed by atoms with Gasteiger partial charge in [-0.25, -0.2) is 0 Å². The minimum Gasteiger partial charge on any atom is -0.376 e. The fourth-order valence-electron chi connectivity index (χ4n) is 4.32. The Morgan fingerprint density at radius 3 is 1.45 bits per heavy atom. The number of hydrogen-bond donors (Lipinski definition) is 2. The zero-order chi connectivity index (χ0) is 26.8. The highest BCUT2D eigenvalue weighted by Gasteiger charge is 2.33. The van der Waals surface area contributed by atoms with Crippen LogP contribution >= 0.6 is 0 Å². The molecule has 5 rings (SSSR count). The van der Waals surface area contributed by atoms with E-state index in [1.165, 1.54) is 5.56 Å². The van der Waals surface area contributed by atoms with E-state index < -0.39 is 5.60 Å². The Hall–Kier alpha value is -4.47. The van der Waals surface area contributed by atoms with Crippen molar-refractivity contribution in [2.45, 2.75) is 25.5 Å². The van der Waals surface area contributed by atoms with Crippen molar-refractivity contribution in [1.82, 2.24) is 5.32 Å². The third kappa shape index (κ3) is 6.44. The topological polar surface area (TPSA) is 49.3 Å². The number of aryl methyl sites for hydroxylation is 1. The zero-order valence-corrected chi connectivity index (χ0v) is 21.8. The van der Waals surface area contributed by atoms with E-state index in [4.69, 9.17) is 0 Å². The van der Waals surface area contributed by atoms with Gasteiger partial charge in [-0.1, -0.05) is 139 Å². The lowest BCUT2D eigenvalue weighted by molar-refractivity contribution is 0.0939. The van der Waals surface area contributed by atoms with Crippen molar-refractivity contribution >= 4 is 5.91 Å². The Labute approximate surface area is 225 Å². The van der Waals surface area contributed by atoms with E-state index in [9.17, 15) is 9.90 Å². The van der Waals surface area contributed by atoms with Crippen LogP contribution < -0.4 is 5.32 Å². The van der Waals surface area contributed by atoms with Crippen LogP contribution in [0.15, 0.2) is 146 Å². The summed E-state index contributed by atoms with van der Waals surface area (Å²) < 4.78 is 0. The van der Waals surface area contributed by atoms with Crippen LogP contribution in [0, 0.1) is 6.92 Å². The molecule has 38 heavy (non-hydrogen) atoms. The van der Waals surface area contributed by atoms with Gasteiger partial charge in [-0.05, 0) is 48.2 Å². The van der Waals surface area contributed by atoms with E-state index in [-0.39, 0.29) is 11.9 Å². The molecule has 0 fully saturated rings. The van der Waals surface area contributed by atoms with Crippen LogP contribution in [0.1, 0.15) is 51.1 Å². The van der Waals surface area contributed by atoms with Crippen LogP contribution in [0.2, 0.25) is 0 Å². The Morgan fingerprint density at radius 2 is 1.00 bits per heavy atom. The molecular formula is C35H33NO2. The van der Waals surface area contributed by atoms with Crippen molar-refractivity contribution in [3.63, 3.8) is 0 Å². The molecule has 0 radical (unpaired) electrons. The zero-order valence-electron chi connectivity index (χ0n) is 21.8. The predicted octanol–water partition coefficient (Wildman–Crippen LogP) is 7.46. The lowest BCUT2D eigenvalue weighted by atomic mass is 9.80. The third-order valence-corrected chi connectivity index (χ3v) is 6.54. The van der Waals surface area contributed by atoms with Gasteiger partial charge in [0.15, 0.2) is 0 Å². The van der Waals surface area contributed by atoms with E-state index in [0.717, 1.165) is 16.7 Å². The van der Waals surface area contributed by atoms with Gasteiger partial charge < -0.3 is 10.4 Å².